The van der Waals surface area contributed by atoms with Gasteiger partial charge in [0.2, 0.25) is 0 Å². The van der Waals surface area contributed by atoms with Crippen LogP contribution in [-0.4, -0.2) is 7.11 Å². The van der Waals surface area contributed by atoms with E-state index in [1.807, 2.05) is 6.92 Å². The molecule has 0 saturated heterocycles. The molecule has 94 valence electrons. The number of nitrogen functional groups attached to an aromatic ring is 1. The standard InChI is InChI=1S/C14H15FN2O/c1-9-3-4-10(15)5-14(9)17-12-6-11(16)7-13(8-12)18-2/h3-8,17H,16H2,1-2H3. The van der Waals surface area contributed by atoms with Gasteiger partial charge in [-0.3, -0.25) is 0 Å². The fraction of sp³-hybridized carbons (Fsp3) is 0.143. The molecule has 0 saturated carbocycles. The molecule has 0 aliphatic heterocycles. The Kier molecular flexibility index (Phi) is 3.37. The Morgan fingerprint density at radius 2 is 1.94 bits per heavy atom. The zero-order chi connectivity index (χ0) is 13.1. The van der Waals surface area contributed by atoms with Gasteiger partial charge >= 0.3 is 0 Å². The van der Waals surface area contributed by atoms with Crippen molar-refractivity contribution >= 4 is 17.1 Å². The molecular formula is C14H15FN2O. The largest absolute Gasteiger partial charge is 0.497 e. The van der Waals surface area contributed by atoms with Gasteiger partial charge in [0.1, 0.15) is 11.6 Å². The molecule has 0 aromatic heterocycles. The van der Waals surface area contributed by atoms with E-state index in [0.29, 0.717) is 17.1 Å². The number of hydrogen-bond acceptors (Lipinski definition) is 3. The van der Waals surface area contributed by atoms with Crippen LogP contribution in [0.3, 0.4) is 0 Å². The van der Waals surface area contributed by atoms with Gasteiger partial charge in [0.05, 0.1) is 7.11 Å². The molecule has 0 unspecified atom stereocenters. The second kappa shape index (κ2) is 4.96. The van der Waals surface area contributed by atoms with Crippen molar-refractivity contribution in [2.45, 2.75) is 6.92 Å². The van der Waals surface area contributed by atoms with E-state index in [1.54, 1.807) is 31.4 Å². The van der Waals surface area contributed by atoms with E-state index in [4.69, 9.17) is 10.5 Å². The Hall–Kier alpha value is -2.23. The summed E-state index contributed by atoms with van der Waals surface area (Å²) in [6, 6.07) is 9.91. The lowest BCUT2D eigenvalue weighted by Crippen LogP contribution is -1.96. The van der Waals surface area contributed by atoms with Crippen molar-refractivity contribution in [1.29, 1.82) is 0 Å². The van der Waals surface area contributed by atoms with Gasteiger partial charge in [-0.15, -0.1) is 0 Å². The van der Waals surface area contributed by atoms with E-state index in [-0.39, 0.29) is 5.82 Å². The van der Waals surface area contributed by atoms with Crippen LogP contribution in [-0.2, 0) is 0 Å². The third-order valence-electron chi connectivity index (χ3n) is 2.64. The summed E-state index contributed by atoms with van der Waals surface area (Å²) in [5.74, 6) is 0.380. The van der Waals surface area contributed by atoms with Gasteiger partial charge in [0, 0.05) is 29.2 Å². The summed E-state index contributed by atoms with van der Waals surface area (Å²) in [6.45, 7) is 1.91. The van der Waals surface area contributed by atoms with Crippen LogP contribution in [0.5, 0.6) is 5.75 Å². The Labute approximate surface area is 105 Å². The van der Waals surface area contributed by atoms with Gasteiger partial charge in [-0.05, 0) is 30.7 Å². The summed E-state index contributed by atoms with van der Waals surface area (Å²) >= 11 is 0. The van der Waals surface area contributed by atoms with E-state index < -0.39 is 0 Å². The molecule has 0 amide bonds. The molecule has 2 rings (SSSR count). The number of benzene rings is 2. The smallest absolute Gasteiger partial charge is 0.125 e. The summed E-state index contributed by atoms with van der Waals surface area (Å²) in [4.78, 5) is 0. The molecule has 3 nitrogen and oxygen atoms in total. The highest BCUT2D eigenvalue weighted by Crippen LogP contribution is 2.27. The highest BCUT2D eigenvalue weighted by Gasteiger charge is 2.03. The van der Waals surface area contributed by atoms with Gasteiger partial charge in [0.25, 0.3) is 0 Å². The SMILES string of the molecule is COc1cc(N)cc(Nc2cc(F)ccc2C)c1. The Bertz CT molecular complexity index is 570. The first kappa shape index (κ1) is 12.2. The number of anilines is 3. The molecule has 2 aromatic carbocycles. The van der Waals surface area contributed by atoms with Crippen LogP contribution in [0.1, 0.15) is 5.56 Å². The van der Waals surface area contributed by atoms with Crippen molar-refractivity contribution in [3.05, 3.63) is 47.8 Å². The average molecular weight is 246 g/mol. The van der Waals surface area contributed by atoms with Gasteiger partial charge in [-0.2, -0.15) is 0 Å². The maximum Gasteiger partial charge on any atom is 0.125 e. The zero-order valence-electron chi connectivity index (χ0n) is 10.3. The fourth-order valence-electron chi connectivity index (χ4n) is 1.70. The Morgan fingerprint density at radius 3 is 2.67 bits per heavy atom. The first-order valence-electron chi connectivity index (χ1n) is 5.56. The van der Waals surface area contributed by atoms with Gasteiger partial charge in [-0.1, -0.05) is 6.07 Å². The molecule has 2 aromatic rings. The van der Waals surface area contributed by atoms with Crippen molar-refractivity contribution in [3.8, 4) is 5.75 Å². The third-order valence-corrected chi connectivity index (χ3v) is 2.64. The predicted molar refractivity (Wildman–Crippen MR) is 71.8 cm³/mol. The minimum atomic E-state index is -0.279. The lowest BCUT2D eigenvalue weighted by Gasteiger charge is -2.11. The molecule has 3 N–H and O–H groups in total. The minimum Gasteiger partial charge on any atom is -0.497 e. The molecule has 0 aliphatic carbocycles. The van der Waals surface area contributed by atoms with Crippen LogP contribution >= 0.6 is 0 Å². The number of halogens is 1. The number of hydrogen-bond donors (Lipinski definition) is 2. The van der Waals surface area contributed by atoms with E-state index in [1.165, 1.54) is 12.1 Å². The van der Waals surface area contributed by atoms with Crippen molar-refractivity contribution in [2.75, 3.05) is 18.2 Å². The quantitative estimate of drug-likeness (QED) is 0.815. The minimum absolute atomic E-state index is 0.279. The molecule has 18 heavy (non-hydrogen) atoms. The van der Waals surface area contributed by atoms with Crippen LogP contribution in [0.4, 0.5) is 21.5 Å². The third kappa shape index (κ3) is 2.71. The van der Waals surface area contributed by atoms with E-state index >= 15 is 0 Å². The van der Waals surface area contributed by atoms with Crippen molar-refractivity contribution in [2.24, 2.45) is 0 Å². The van der Waals surface area contributed by atoms with Crippen molar-refractivity contribution < 1.29 is 9.13 Å². The number of ether oxygens (including phenoxy) is 1. The van der Waals surface area contributed by atoms with Crippen LogP contribution < -0.4 is 15.8 Å². The molecular weight excluding hydrogens is 231 g/mol. The molecule has 0 heterocycles. The number of nitrogens with one attached hydrogen (secondary N) is 1. The van der Waals surface area contributed by atoms with Gasteiger partial charge in [0.15, 0.2) is 0 Å². The average Bonchev–Trinajstić information content (AvgIpc) is 2.33. The number of aryl methyl sites for hydroxylation is 1. The number of rotatable bonds is 3. The van der Waals surface area contributed by atoms with E-state index in [2.05, 4.69) is 5.32 Å². The molecule has 0 fully saturated rings. The molecule has 0 bridgehead atoms. The van der Waals surface area contributed by atoms with Crippen LogP contribution in [0, 0.1) is 12.7 Å². The van der Waals surface area contributed by atoms with Gasteiger partial charge < -0.3 is 15.8 Å². The fourth-order valence-corrected chi connectivity index (χ4v) is 1.70. The summed E-state index contributed by atoms with van der Waals surface area (Å²) in [5, 5.41) is 3.13. The highest BCUT2D eigenvalue weighted by molar-refractivity contribution is 5.68. The molecule has 4 heteroatoms. The van der Waals surface area contributed by atoms with Crippen LogP contribution in [0.15, 0.2) is 36.4 Å². The first-order valence-corrected chi connectivity index (χ1v) is 5.56. The summed E-state index contributed by atoms with van der Waals surface area (Å²) in [7, 11) is 1.58. The van der Waals surface area contributed by atoms with Crippen molar-refractivity contribution in [3.63, 3.8) is 0 Å². The monoisotopic (exact) mass is 246 g/mol. The van der Waals surface area contributed by atoms with E-state index in [0.717, 1.165) is 11.3 Å². The topological polar surface area (TPSA) is 47.3 Å². The number of methoxy groups -OCH3 is 1. The normalized spacial score (nSPS) is 10.2. The molecule has 0 spiro atoms. The Morgan fingerprint density at radius 1 is 1.17 bits per heavy atom. The maximum absolute atomic E-state index is 13.2. The predicted octanol–water partition coefficient (Wildman–Crippen LogP) is 3.47. The van der Waals surface area contributed by atoms with Gasteiger partial charge in [-0.25, -0.2) is 4.39 Å². The Balaban J connectivity index is 2.33. The van der Waals surface area contributed by atoms with Crippen LogP contribution in [0.2, 0.25) is 0 Å². The second-order valence-electron chi connectivity index (χ2n) is 4.08. The lowest BCUT2D eigenvalue weighted by molar-refractivity contribution is 0.415. The lowest BCUT2D eigenvalue weighted by atomic mass is 10.2. The number of nitrogens with two attached hydrogens (primary N) is 1. The maximum atomic E-state index is 13.2. The summed E-state index contributed by atoms with van der Waals surface area (Å²) < 4.78 is 18.3. The van der Waals surface area contributed by atoms with E-state index in [9.17, 15) is 4.39 Å². The first-order chi connectivity index (χ1) is 8.58. The molecule has 0 aliphatic rings. The molecule has 0 atom stereocenters. The second-order valence-corrected chi connectivity index (χ2v) is 4.08. The highest BCUT2D eigenvalue weighted by atomic mass is 19.1. The van der Waals surface area contributed by atoms with Crippen LogP contribution in [0.25, 0.3) is 0 Å². The zero-order valence-corrected chi connectivity index (χ0v) is 10.3. The van der Waals surface area contributed by atoms with Crippen molar-refractivity contribution in [1.82, 2.24) is 0 Å². The summed E-state index contributed by atoms with van der Waals surface area (Å²) in [5.41, 5.74) is 8.78. The molecule has 0 radical (unpaired) electrons. The summed E-state index contributed by atoms with van der Waals surface area (Å²) in [6.07, 6.45) is 0.